The van der Waals surface area contributed by atoms with E-state index in [4.69, 9.17) is 9.47 Å². The molecule has 2 aromatic rings. The second kappa shape index (κ2) is 8.82. The molecule has 0 aliphatic carbocycles. The number of rotatable bonds is 7. The van der Waals surface area contributed by atoms with E-state index in [2.05, 4.69) is 0 Å². The first-order valence-corrected chi connectivity index (χ1v) is 7.84. The van der Waals surface area contributed by atoms with Gasteiger partial charge in [0.15, 0.2) is 11.6 Å². The molecule has 0 radical (unpaired) electrons. The first kappa shape index (κ1) is 17.7. The maximum atomic E-state index is 13.4. The van der Waals surface area contributed by atoms with E-state index in [0.29, 0.717) is 5.75 Å². The van der Waals surface area contributed by atoms with E-state index in [0.717, 1.165) is 18.4 Å². The van der Waals surface area contributed by atoms with E-state index in [-0.39, 0.29) is 18.6 Å². The van der Waals surface area contributed by atoms with Crippen LogP contribution in [0.3, 0.4) is 0 Å². The van der Waals surface area contributed by atoms with Gasteiger partial charge in [0.2, 0.25) is 0 Å². The summed E-state index contributed by atoms with van der Waals surface area (Å²) >= 11 is 0. The molecule has 0 fully saturated rings. The largest absolute Gasteiger partial charge is 0.426 e. The van der Waals surface area contributed by atoms with Crippen LogP contribution in [0.4, 0.5) is 4.39 Å². The van der Waals surface area contributed by atoms with Gasteiger partial charge in [0.1, 0.15) is 5.75 Å². The number of hydrogen-bond donors (Lipinski definition) is 0. The summed E-state index contributed by atoms with van der Waals surface area (Å²) in [6, 6.07) is 12.9. The van der Waals surface area contributed by atoms with Crippen LogP contribution in [0.25, 0.3) is 0 Å². The van der Waals surface area contributed by atoms with E-state index in [1.54, 1.807) is 18.2 Å². The van der Waals surface area contributed by atoms with Crippen molar-refractivity contribution in [3.63, 3.8) is 0 Å². The average molecular weight is 330 g/mol. The van der Waals surface area contributed by atoms with Crippen molar-refractivity contribution in [3.05, 3.63) is 59.9 Å². The summed E-state index contributed by atoms with van der Waals surface area (Å²) in [5.74, 6) is -1.47. The molecule has 24 heavy (non-hydrogen) atoms. The van der Waals surface area contributed by atoms with Crippen molar-refractivity contribution in [3.8, 4) is 11.5 Å². The number of aryl methyl sites for hydroxylation is 1. The van der Waals surface area contributed by atoms with Crippen LogP contribution in [-0.2, 0) is 16.0 Å². The fourth-order valence-corrected chi connectivity index (χ4v) is 2.16. The predicted octanol–water partition coefficient (Wildman–Crippen LogP) is 4.07. The summed E-state index contributed by atoms with van der Waals surface area (Å²) < 4.78 is 23.6. The number of hydrogen-bond acceptors (Lipinski definition) is 4. The molecular weight excluding hydrogens is 311 g/mol. The number of carbonyl (C=O) groups excluding carboxylic acids is 2. The van der Waals surface area contributed by atoms with Gasteiger partial charge < -0.3 is 9.47 Å². The fraction of sp³-hybridized carbons (Fsp3) is 0.263. The Balaban J connectivity index is 1.85. The molecular formula is C19H19FO4. The van der Waals surface area contributed by atoms with Crippen LogP contribution in [0.1, 0.15) is 31.7 Å². The zero-order valence-electron chi connectivity index (χ0n) is 13.5. The summed E-state index contributed by atoms with van der Waals surface area (Å²) in [6.45, 7) is 2.04. The fourth-order valence-electron chi connectivity index (χ4n) is 2.16. The third kappa shape index (κ3) is 5.19. The highest BCUT2D eigenvalue weighted by molar-refractivity contribution is 5.80. The van der Waals surface area contributed by atoms with Gasteiger partial charge in [0.25, 0.3) is 0 Å². The third-order valence-electron chi connectivity index (χ3n) is 3.31. The first-order chi connectivity index (χ1) is 11.6. The molecule has 2 aromatic carbocycles. The smallest absolute Gasteiger partial charge is 0.311 e. The minimum Gasteiger partial charge on any atom is -0.426 e. The molecule has 0 aliphatic rings. The van der Waals surface area contributed by atoms with Crippen LogP contribution >= 0.6 is 0 Å². The standard InChI is InChI=1S/C19H19FO4/c1-2-7-14-8-3-5-10-16(14)23-18(21)12-13-19(22)24-17-11-6-4-9-15(17)20/h3-6,8-11H,2,7,12-13H2,1H3. The van der Waals surface area contributed by atoms with Crippen molar-refractivity contribution < 1.29 is 23.5 Å². The maximum Gasteiger partial charge on any atom is 0.311 e. The highest BCUT2D eigenvalue weighted by atomic mass is 19.1. The molecule has 0 atom stereocenters. The molecule has 5 heteroatoms. The summed E-state index contributed by atoms with van der Waals surface area (Å²) in [5, 5.41) is 0. The highest BCUT2D eigenvalue weighted by Gasteiger charge is 2.14. The molecule has 0 unspecified atom stereocenters. The van der Waals surface area contributed by atoms with Gasteiger partial charge in [-0.05, 0) is 30.2 Å². The SMILES string of the molecule is CCCc1ccccc1OC(=O)CCC(=O)Oc1ccccc1F. The van der Waals surface area contributed by atoms with Crippen LogP contribution in [0.2, 0.25) is 0 Å². The normalized spacial score (nSPS) is 10.2. The van der Waals surface area contributed by atoms with Crippen LogP contribution in [0.15, 0.2) is 48.5 Å². The molecule has 0 aliphatic heterocycles. The summed E-state index contributed by atoms with van der Waals surface area (Å²) in [5.41, 5.74) is 0.947. The van der Waals surface area contributed by atoms with Gasteiger partial charge in [0.05, 0.1) is 12.8 Å². The minimum absolute atomic E-state index is 0.131. The van der Waals surface area contributed by atoms with Gasteiger partial charge in [0, 0.05) is 0 Å². The van der Waals surface area contributed by atoms with Gasteiger partial charge >= 0.3 is 11.9 Å². The van der Waals surface area contributed by atoms with Crippen molar-refractivity contribution in [2.75, 3.05) is 0 Å². The lowest BCUT2D eigenvalue weighted by Crippen LogP contribution is -2.15. The van der Waals surface area contributed by atoms with Crippen molar-refractivity contribution >= 4 is 11.9 Å². The number of benzene rings is 2. The number of para-hydroxylation sites is 2. The lowest BCUT2D eigenvalue weighted by molar-refractivity contribution is -0.140. The first-order valence-electron chi connectivity index (χ1n) is 7.84. The van der Waals surface area contributed by atoms with Crippen LogP contribution in [0, 0.1) is 5.82 Å². The lowest BCUT2D eigenvalue weighted by atomic mass is 10.1. The maximum absolute atomic E-state index is 13.4. The molecule has 0 N–H and O–H groups in total. The number of esters is 2. The third-order valence-corrected chi connectivity index (χ3v) is 3.31. The second-order valence-electron chi connectivity index (χ2n) is 5.24. The van der Waals surface area contributed by atoms with Gasteiger partial charge in [-0.3, -0.25) is 9.59 Å². The molecule has 126 valence electrons. The Morgan fingerprint density at radius 2 is 1.42 bits per heavy atom. The predicted molar refractivity (Wildman–Crippen MR) is 87.3 cm³/mol. The van der Waals surface area contributed by atoms with Crippen molar-refractivity contribution in [2.24, 2.45) is 0 Å². The molecule has 0 bridgehead atoms. The van der Waals surface area contributed by atoms with E-state index in [9.17, 15) is 14.0 Å². The highest BCUT2D eigenvalue weighted by Crippen LogP contribution is 2.20. The zero-order valence-corrected chi connectivity index (χ0v) is 13.5. The average Bonchev–Trinajstić information content (AvgIpc) is 2.57. The van der Waals surface area contributed by atoms with Gasteiger partial charge in [-0.15, -0.1) is 0 Å². The zero-order chi connectivity index (χ0) is 17.4. The Morgan fingerprint density at radius 3 is 2.04 bits per heavy atom. The molecule has 4 nitrogen and oxygen atoms in total. The molecule has 0 aromatic heterocycles. The van der Waals surface area contributed by atoms with Gasteiger partial charge in [-0.2, -0.15) is 0 Å². The van der Waals surface area contributed by atoms with Gasteiger partial charge in [-0.25, -0.2) is 4.39 Å². The quantitative estimate of drug-likeness (QED) is 0.567. The summed E-state index contributed by atoms with van der Waals surface area (Å²) in [7, 11) is 0. The Labute approximate surface area is 140 Å². The Kier molecular flexibility index (Phi) is 6.49. The Bertz CT molecular complexity index is 712. The van der Waals surface area contributed by atoms with E-state index < -0.39 is 17.8 Å². The molecule has 0 saturated carbocycles. The molecule has 2 rings (SSSR count). The van der Waals surface area contributed by atoms with Crippen LogP contribution in [0.5, 0.6) is 11.5 Å². The van der Waals surface area contributed by atoms with Gasteiger partial charge in [-0.1, -0.05) is 43.7 Å². The lowest BCUT2D eigenvalue weighted by Gasteiger charge is -2.09. The Hall–Kier alpha value is -2.69. The molecule has 0 amide bonds. The van der Waals surface area contributed by atoms with Crippen LogP contribution < -0.4 is 9.47 Å². The monoisotopic (exact) mass is 330 g/mol. The van der Waals surface area contributed by atoms with Crippen molar-refractivity contribution in [1.82, 2.24) is 0 Å². The van der Waals surface area contributed by atoms with E-state index >= 15 is 0 Å². The Morgan fingerprint density at radius 1 is 0.875 bits per heavy atom. The number of carbonyl (C=O) groups is 2. The minimum atomic E-state index is -0.682. The number of ether oxygens (including phenoxy) is 2. The summed E-state index contributed by atoms with van der Waals surface area (Å²) in [4.78, 5) is 23.6. The summed E-state index contributed by atoms with van der Waals surface area (Å²) in [6.07, 6.45) is 1.43. The molecule has 0 spiro atoms. The molecule has 0 heterocycles. The second-order valence-corrected chi connectivity index (χ2v) is 5.24. The van der Waals surface area contributed by atoms with E-state index in [1.807, 2.05) is 19.1 Å². The number of halogens is 1. The topological polar surface area (TPSA) is 52.6 Å². The van der Waals surface area contributed by atoms with Crippen LogP contribution in [-0.4, -0.2) is 11.9 Å². The van der Waals surface area contributed by atoms with E-state index in [1.165, 1.54) is 18.2 Å². The molecule has 0 saturated heterocycles. The van der Waals surface area contributed by atoms with Crippen molar-refractivity contribution in [1.29, 1.82) is 0 Å². The van der Waals surface area contributed by atoms with Crippen molar-refractivity contribution in [2.45, 2.75) is 32.6 Å².